The summed E-state index contributed by atoms with van der Waals surface area (Å²) >= 11 is 5.88. The number of carbonyl (C=O) groups excluding carboxylic acids is 1. The highest BCUT2D eigenvalue weighted by molar-refractivity contribution is 6.31. The monoisotopic (exact) mass is 316 g/mol. The number of aromatic nitrogens is 2. The summed E-state index contributed by atoms with van der Waals surface area (Å²) in [5.74, 6) is 0.925. The summed E-state index contributed by atoms with van der Waals surface area (Å²) in [5, 5.41) is 6.00. The Hall–Kier alpha value is -1.76. The standard InChI is InChI=1S/C13H21ClN4O3/c1-13(2,3)21-12(19)16-7-5-6-15-11-9(20-4)10(14)17-8-18-11/h8H,5-7H2,1-4H3,(H,16,19)(H,15,17,18). The van der Waals surface area contributed by atoms with Crippen molar-refractivity contribution in [3.63, 3.8) is 0 Å². The van der Waals surface area contributed by atoms with Gasteiger partial charge in [0.25, 0.3) is 0 Å². The molecule has 1 amide bonds. The van der Waals surface area contributed by atoms with Gasteiger partial charge in [-0.2, -0.15) is 0 Å². The summed E-state index contributed by atoms with van der Waals surface area (Å²) in [6.45, 7) is 6.54. The van der Waals surface area contributed by atoms with Crippen LogP contribution in [0.1, 0.15) is 27.2 Å². The molecule has 1 aromatic rings. The molecule has 0 aliphatic rings. The number of nitrogens with zero attached hydrogens (tertiary/aromatic N) is 2. The Bertz CT molecular complexity index is 477. The van der Waals surface area contributed by atoms with Crippen molar-refractivity contribution >= 4 is 23.5 Å². The van der Waals surface area contributed by atoms with Gasteiger partial charge in [-0.1, -0.05) is 11.6 Å². The fraction of sp³-hybridized carbons (Fsp3) is 0.615. The molecule has 0 aliphatic carbocycles. The van der Waals surface area contributed by atoms with E-state index in [0.29, 0.717) is 31.1 Å². The number of halogens is 1. The second-order valence-corrected chi connectivity index (χ2v) is 5.61. The van der Waals surface area contributed by atoms with Crippen molar-refractivity contribution in [1.82, 2.24) is 15.3 Å². The molecule has 21 heavy (non-hydrogen) atoms. The van der Waals surface area contributed by atoms with Crippen molar-refractivity contribution < 1.29 is 14.3 Å². The Morgan fingerprint density at radius 1 is 1.33 bits per heavy atom. The number of ether oxygens (including phenoxy) is 2. The predicted octanol–water partition coefficient (Wildman–Crippen LogP) is 2.47. The highest BCUT2D eigenvalue weighted by atomic mass is 35.5. The number of hydrogen-bond donors (Lipinski definition) is 2. The molecule has 0 bridgehead atoms. The number of amides is 1. The van der Waals surface area contributed by atoms with E-state index in [9.17, 15) is 4.79 Å². The second-order valence-electron chi connectivity index (χ2n) is 5.26. The second kappa shape index (κ2) is 7.87. The lowest BCUT2D eigenvalue weighted by Gasteiger charge is -2.19. The summed E-state index contributed by atoms with van der Waals surface area (Å²) in [7, 11) is 1.50. The van der Waals surface area contributed by atoms with E-state index in [2.05, 4.69) is 20.6 Å². The molecule has 2 N–H and O–H groups in total. The first kappa shape index (κ1) is 17.3. The molecule has 0 atom stereocenters. The molecule has 0 saturated carbocycles. The first-order chi connectivity index (χ1) is 9.83. The van der Waals surface area contributed by atoms with Crippen LogP contribution in [0.2, 0.25) is 5.15 Å². The number of hydrogen-bond acceptors (Lipinski definition) is 6. The molecule has 0 unspecified atom stereocenters. The van der Waals surface area contributed by atoms with E-state index in [4.69, 9.17) is 21.1 Å². The van der Waals surface area contributed by atoms with E-state index < -0.39 is 11.7 Å². The minimum Gasteiger partial charge on any atom is -0.490 e. The topological polar surface area (TPSA) is 85.4 Å². The van der Waals surface area contributed by atoms with Crippen molar-refractivity contribution in [1.29, 1.82) is 0 Å². The lowest BCUT2D eigenvalue weighted by atomic mass is 10.2. The van der Waals surface area contributed by atoms with Crippen LogP contribution in [0.4, 0.5) is 10.6 Å². The van der Waals surface area contributed by atoms with Crippen molar-refractivity contribution in [2.45, 2.75) is 32.8 Å². The average Bonchev–Trinajstić information content (AvgIpc) is 2.36. The van der Waals surface area contributed by atoms with Gasteiger partial charge in [-0.15, -0.1) is 0 Å². The molecule has 118 valence electrons. The number of carbonyl (C=O) groups is 1. The van der Waals surface area contributed by atoms with Gasteiger partial charge in [0, 0.05) is 13.1 Å². The molecule has 1 aromatic heterocycles. The summed E-state index contributed by atoms with van der Waals surface area (Å²) in [6.07, 6.45) is 1.63. The van der Waals surface area contributed by atoms with Crippen molar-refractivity contribution in [2.75, 3.05) is 25.5 Å². The van der Waals surface area contributed by atoms with Gasteiger partial charge in [0.2, 0.25) is 0 Å². The van der Waals surface area contributed by atoms with E-state index in [-0.39, 0.29) is 5.15 Å². The van der Waals surface area contributed by atoms with Gasteiger partial charge in [-0.3, -0.25) is 0 Å². The molecular formula is C13H21ClN4O3. The van der Waals surface area contributed by atoms with Gasteiger partial charge in [-0.05, 0) is 27.2 Å². The largest absolute Gasteiger partial charge is 0.490 e. The molecular weight excluding hydrogens is 296 g/mol. The quantitative estimate of drug-likeness (QED) is 0.619. The van der Waals surface area contributed by atoms with Gasteiger partial charge in [-0.25, -0.2) is 14.8 Å². The zero-order valence-corrected chi connectivity index (χ0v) is 13.5. The van der Waals surface area contributed by atoms with Crippen molar-refractivity contribution in [3.05, 3.63) is 11.5 Å². The van der Waals surface area contributed by atoms with Gasteiger partial charge in [0.1, 0.15) is 11.9 Å². The third-order valence-corrected chi connectivity index (χ3v) is 2.55. The number of rotatable bonds is 6. The van der Waals surface area contributed by atoms with E-state index in [1.165, 1.54) is 13.4 Å². The summed E-state index contributed by atoms with van der Waals surface area (Å²) < 4.78 is 10.2. The Morgan fingerprint density at radius 3 is 2.67 bits per heavy atom. The zero-order valence-electron chi connectivity index (χ0n) is 12.7. The fourth-order valence-corrected chi connectivity index (χ4v) is 1.67. The molecule has 7 nitrogen and oxygen atoms in total. The highest BCUT2D eigenvalue weighted by Gasteiger charge is 2.15. The van der Waals surface area contributed by atoms with Crippen LogP contribution in [0.25, 0.3) is 0 Å². The van der Waals surface area contributed by atoms with E-state index in [1.807, 2.05) is 20.8 Å². The third-order valence-electron chi connectivity index (χ3n) is 2.28. The first-order valence-corrected chi connectivity index (χ1v) is 6.96. The summed E-state index contributed by atoms with van der Waals surface area (Å²) in [6, 6.07) is 0. The molecule has 8 heteroatoms. The van der Waals surface area contributed by atoms with Crippen LogP contribution in [0.5, 0.6) is 5.75 Å². The fourth-order valence-electron chi connectivity index (χ4n) is 1.46. The maximum atomic E-state index is 11.4. The van der Waals surface area contributed by atoms with Crippen molar-refractivity contribution in [2.24, 2.45) is 0 Å². The maximum Gasteiger partial charge on any atom is 0.407 e. The van der Waals surface area contributed by atoms with Gasteiger partial charge in [0.05, 0.1) is 7.11 Å². The van der Waals surface area contributed by atoms with E-state index in [1.54, 1.807) is 0 Å². The van der Waals surface area contributed by atoms with E-state index in [0.717, 1.165) is 0 Å². The van der Waals surface area contributed by atoms with Gasteiger partial charge in [0.15, 0.2) is 16.7 Å². The molecule has 0 aromatic carbocycles. The van der Waals surface area contributed by atoms with Crippen molar-refractivity contribution in [3.8, 4) is 5.75 Å². The summed E-state index contributed by atoms with van der Waals surface area (Å²) in [5.41, 5.74) is -0.493. The molecule has 0 saturated heterocycles. The molecule has 1 rings (SSSR count). The lowest BCUT2D eigenvalue weighted by Crippen LogP contribution is -2.33. The number of anilines is 1. The Balaban J connectivity index is 2.29. The lowest BCUT2D eigenvalue weighted by molar-refractivity contribution is 0.0528. The molecule has 1 heterocycles. The highest BCUT2D eigenvalue weighted by Crippen LogP contribution is 2.27. The van der Waals surface area contributed by atoms with Crippen LogP contribution < -0.4 is 15.4 Å². The van der Waals surface area contributed by atoms with Gasteiger partial charge >= 0.3 is 6.09 Å². The van der Waals surface area contributed by atoms with Crippen LogP contribution in [-0.2, 0) is 4.74 Å². The minimum atomic E-state index is -0.493. The van der Waals surface area contributed by atoms with Crippen LogP contribution in [0.3, 0.4) is 0 Å². The van der Waals surface area contributed by atoms with Crippen LogP contribution in [0, 0.1) is 0 Å². The van der Waals surface area contributed by atoms with Crippen LogP contribution in [-0.4, -0.2) is 41.9 Å². The Kier molecular flexibility index (Phi) is 6.48. The SMILES string of the molecule is COc1c(Cl)ncnc1NCCCNC(=O)OC(C)(C)C. The molecule has 0 radical (unpaired) electrons. The Labute approximate surface area is 129 Å². The average molecular weight is 317 g/mol. The molecule has 0 fully saturated rings. The van der Waals surface area contributed by atoms with Crippen LogP contribution in [0.15, 0.2) is 6.33 Å². The summed E-state index contributed by atoms with van der Waals surface area (Å²) in [4.78, 5) is 19.3. The van der Waals surface area contributed by atoms with E-state index >= 15 is 0 Å². The number of nitrogens with one attached hydrogen (secondary N) is 2. The smallest absolute Gasteiger partial charge is 0.407 e. The minimum absolute atomic E-state index is 0.252. The van der Waals surface area contributed by atoms with Crippen LogP contribution >= 0.6 is 11.6 Å². The molecule has 0 aliphatic heterocycles. The Morgan fingerprint density at radius 2 is 2.05 bits per heavy atom. The number of alkyl carbamates (subject to hydrolysis) is 1. The maximum absolute atomic E-state index is 11.4. The normalized spacial score (nSPS) is 10.9. The van der Waals surface area contributed by atoms with Gasteiger partial charge < -0.3 is 20.1 Å². The first-order valence-electron chi connectivity index (χ1n) is 6.58. The zero-order chi connectivity index (χ0) is 15.9. The third kappa shape index (κ3) is 6.48. The predicted molar refractivity (Wildman–Crippen MR) is 80.9 cm³/mol. The molecule has 0 spiro atoms. The number of methoxy groups -OCH3 is 1.